The number of furan rings is 1. The number of aromatic nitrogens is 2. The van der Waals surface area contributed by atoms with Crippen molar-refractivity contribution in [2.75, 3.05) is 0 Å². The second-order valence-electron chi connectivity index (χ2n) is 6.99. The third-order valence-electron chi connectivity index (χ3n) is 4.90. The normalized spacial score (nSPS) is 12.8. The Morgan fingerprint density at radius 3 is 2.77 bits per heavy atom. The van der Waals surface area contributed by atoms with Crippen molar-refractivity contribution in [1.82, 2.24) is 14.7 Å². The summed E-state index contributed by atoms with van der Waals surface area (Å²) in [4.78, 5) is 17.0. The molecule has 0 saturated carbocycles. The molecule has 1 amide bonds. The van der Waals surface area contributed by atoms with E-state index in [2.05, 4.69) is 10.3 Å². The van der Waals surface area contributed by atoms with E-state index < -0.39 is 17.7 Å². The van der Waals surface area contributed by atoms with Crippen molar-refractivity contribution < 1.29 is 22.4 Å². The van der Waals surface area contributed by atoms with E-state index in [9.17, 15) is 18.0 Å². The molecule has 0 bridgehead atoms. The Kier molecular flexibility index (Phi) is 5.73. The molecule has 9 heteroatoms. The number of nitrogens with one attached hydrogen (secondary N) is 1. The van der Waals surface area contributed by atoms with Gasteiger partial charge in [0.05, 0.1) is 29.1 Å². The van der Waals surface area contributed by atoms with Gasteiger partial charge in [-0.2, -0.15) is 13.2 Å². The fourth-order valence-electron chi connectivity index (χ4n) is 3.41. The fraction of sp³-hybridized carbons (Fsp3) is 0.182. The average molecular weight is 448 g/mol. The molecule has 0 aliphatic rings. The predicted octanol–water partition coefficient (Wildman–Crippen LogP) is 5.44. The van der Waals surface area contributed by atoms with Crippen molar-refractivity contribution in [2.45, 2.75) is 25.1 Å². The van der Waals surface area contributed by atoms with Crippen LogP contribution in [0.2, 0.25) is 5.02 Å². The van der Waals surface area contributed by atoms with Gasteiger partial charge in [-0.1, -0.05) is 29.8 Å². The number of pyridine rings is 1. The predicted molar refractivity (Wildman–Crippen MR) is 109 cm³/mol. The molecular weight excluding hydrogens is 431 g/mol. The molecule has 1 unspecified atom stereocenters. The molecule has 0 fully saturated rings. The number of halogens is 4. The number of rotatable bonds is 6. The van der Waals surface area contributed by atoms with E-state index in [1.54, 1.807) is 47.1 Å². The molecule has 0 saturated heterocycles. The Bertz CT molecular complexity index is 1200. The summed E-state index contributed by atoms with van der Waals surface area (Å²) in [7, 11) is 0. The van der Waals surface area contributed by atoms with E-state index in [1.165, 1.54) is 12.3 Å². The van der Waals surface area contributed by atoms with Gasteiger partial charge < -0.3 is 14.1 Å². The summed E-state index contributed by atoms with van der Waals surface area (Å²) in [6.07, 6.45) is 0.0965. The minimum Gasteiger partial charge on any atom is -0.467 e. The van der Waals surface area contributed by atoms with Crippen LogP contribution in [0, 0.1) is 0 Å². The number of carbonyl (C=O) groups excluding carboxylic acids is 1. The lowest BCUT2D eigenvalue weighted by Crippen LogP contribution is -2.25. The van der Waals surface area contributed by atoms with Crippen LogP contribution in [0.25, 0.3) is 5.65 Å². The quantitative estimate of drug-likeness (QED) is 0.428. The number of hydrogen-bond acceptors (Lipinski definition) is 3. The van der Waals surface area contributed by atoms with Crippen molar-refractivity contribution >= 4 is 23.2 Å². The third-order valence-corrected chi connectivity index (χ3v) is 5.12. The Morgan fingerprint density at radius 1 is 1.19 bits per heavy atom. The SMILES string of the molecule is O=C(CC(c1cccc(C(F)(F)F)c1)c1cnc2ccc(Cl)cn12)NCc1ccco1. The Labute approximate surface area is 180 Å². The summed E-state index contributed by atoms with van der Waals surface area (Å²) in [5, 5.41) is 3.18. The van der Waals surface area contributed by atoms with Crippen molar-refractivity contribution in [3.05, 3.63) is 94.8 Å². The molecule has 0 aliphatic carbocycles. The highest BCUT2D eigenvalue weighted by atomic mass is 35.5. The van der Waals surface area contributed by atoms with Crippen LogP contribution in [0.4, 0.5) is 13.2 Å². The Morgan fingerprint density at radius 2 is 2.03 bits per heavy atom. The second-order valence-corrected chi connectivity index (χ2v) is 7.43. The van der Waals surface area contributed by atoms with Gasteiger partial charge in [0.2, 0.25) is 5.91 Å². The summed E-state index contributed by atoms with van der Waals surface area (Å²) in [5.74, 6) is -0.436. The highest BCUT2D eigenvalue weighted by molar-refractivity contribution is 6.30. The van der Waals surface area contributed by atoms with Gasteiger partial charge >= 0.3 is 6.18 Å². The minimum absolute atomic E-state index is 0.0810. The highest BCUT2D eigenvalue weighted by Gasteiger charge is 2.32. The number of carbonyl (C=O) groups is 1. The second kappa shape index (κ2) is 8.47. The van der Waals surface area contributed by atoms with E-state index in [1.807, 2.05) is 0 Å². The van der Waals surface area contributed by atoms with Gasteiger partial charge in [-0.15, -0.1) is 0 Å². The molecule has 3 heterocycles. The first-order valence-electron chi connectivity index (χ1n) is 9.40. The molecule has 160 valence electrons. The first kappa shape index (κ1) is 21.0. The summed E-state index contributed by atoms with van der Waals surface area (Å²) in [6, 6.07) is 11.8. The zero-order valence-corrected chi connectivity index (χ0v) is 16.8. The molecule has 0 aliphatic heterocycles. The Hall–Kier alpha value is -3.26. The number of benzene rings is 1. The summed E-state index contributed by atoms with van der Waals surface area (Å²) in [5.41, 5.74) is 0.708. The van der Waals surface area contributed by atoms with Crippen LogP contribution in [-0.4, -0.2) is 15.3 Å². The zero-order valence-electron chi connectivity index (χ0n) is 16.1. The van der Waals surface area contributed by atoms with E-state index in [4.69, 9.17) is 16.0 Å². The van der Waals surface area contributed by atoms with E-state index in [0.29, 0.717) is 27.7 Å². The van der Waals surface area contributed by atoms with Gasteiger partial charge in [-0.05, 0) is 35.9 Å². The van der Waals surface area contributed by atoms with E-state index in [-0.39, 0.29) is 18.9 Å². The number of alkyl halides is 3. The lowest BCUT2D eigenvalue weighted by atomic mass is 9.91. The summed E-state index contributed by atoms with van der Waals surface area (Å²) < 4.78 is 46.8. The molecule has 4 aromatic rings. The molecule has 31 heavy (non-hydrogen) atoms. The molecular formula is C22H17ClF3N3O2. The molecule has 1 aromatic carbocycles. The van der Waals surface area contributed by atoms with Crippen LogP contribution >= 0.6 is 11.6 Å². The summed E-state index contributed by atoms with van der Waals surface area (Å²) >= 11 is 6.11. The number of amides is 1. The molecule has 4 rings (SSSR count). The van der Waals surface area contributed by atoms with E-state index in [0.717, 1.165) is 12.1 Å². The average Bonchev–Trinajstić information content (AvgIpc) is 3.40. The lowest BCUT2D eigenvalue weighted by Gasteiger charge is -2.19. The van der Waals surface area contributed by atoms with Crippen molar-refractivity contribution in [1.29, 1.82) is 0 Å². The van der Waals surface area contributed by atoms with Gasteiger partial charge in [0.15, 0.2) is 0 Å². The van der Waals surface area contributed by atoms with Gasteiger partial charge in [-0.25, -0.2) is 4.98 Å². The zero-order chi connectivity index (χ0) is 22.0. The largest absolute Gasteiger partial charge is 0.467 e. The maximum absolute atomic E-state index is 13.3. The maximum atomic E-state index is 13.3. The van der Waals surface area contributed by atoms with Crippen molar-refractivity contribution in [3.63, 3.8) is 0 Å². The van der Waals surface area contributed by atoms with Gasteiger partial charge in [0.25, 0.3) is 0 Å². The van der Waals surface area contributed by atoms with Crippen molar-refractivity contribution in [3.8, 4) is 0 Å². The van der Waals surface area contributed by atoms with Crippen LogP contribution < -0.4 is 5.32 Å². The molecule has 5 nitrogen and oxygen atoms in total. The standard InChI is InChI=1S/C22H17ClF3N3O2/c23-16-6-7-20-27-12-19(29(20)13-16)18(10-21(30)28-11-17-5-2-8-31-17)14-3-1-4-15(9-14)22(24,25)26/h1-9,12-13,18H,10-11H2,(H,28,30). The number of imidazole rings is 1. The maximum Gasteiger partial charge on any atom is 0.416 e. The van der Waals surface area contributed by atoms with Crippen LogP contribution in [0.3, 0.4) is 0 Å². The minimum atomic E-state index is -4.50. The molecule has 1 N–H and O–H groups in total. The van der Waals surface area contributed by atoms with Crippen LogP contribution in [-0.2, 0) is 17.5 Å². The topological polar surface area (TPSA) is 59.5 Å². The molecule has 0 radical (unpaired) electrons. The number of hydrogen-bond donors (Lipinski definition) is 1. The molecule has 1 atom stereocenters. The fourth-order valence-corrected chi connectivity index (χ4v) is 3.57. The van der Waals surface area contributed by atoms with Gasteiger partial charge in [0.1, 0.15) is 11.4 Å². The van der Waals surface area contributed by atoms with Crippen LogP contribution in [0.15, 0.2) is 71.6 Å². The number of nitrogens with zero attached hydrogens (tertiary/aromatic N) is 2. The molecule has 3 aromatic heterocycles. The third kappa shape index (κ3) is 4.74. The van der Waals surface area contributed by atoms with Crippen LogP contribution in [0.5, 0.6) is 0 Å². The van der Waals surface area contributed by atoms with Crippen LogP contribution in [0.1, 0.15) is 34.9 Å². The first-order valence-corrected chi connectivity index (χ1v) is 9.78. The number of fused-ring (bicyclic) bond motifs is 1. The van der Waals surface area contributed by atoms with E-state index >= 15 is 0 Å². The smallest absolute Gasteiger partial charge is 0.416 e. The lowest BCUT2D eigenvalue weighted by molar-refractivity contribution is -0.137. The molecule has 0 spiro atoms. The van der Waals surface area contributed by atoms with Gasteiger partial charge in [-0.3, -0.25) is 4.79 Å². The van der Waals surface area contributed by atoms with Crippen molar-refractivity contribution in [2.24, 2.45) is 0 Å². The Balaban J connectivity index is 1.70. The summed E-state index contributed by atoms with van der Waals surface area (Å²) in [6.45, 7) is 0.181. The highest BCUT2D eigenvalue weighted by Crippen LogP contribution is 2.34. The monoisotopic (exact) mass is 447 g/mol. The van der Waals surface area contributed by atoms with Gasteiger partial charge in [0, 0.05) is 24.7 Å². The first-order chi connectivity index (χ1) is 14.8.